The molecule has 1 fully saturated rings. The standard InChI is InChI=1S/C29H26N2O7S/c1-5-11-37-20-8-6-7-17(14-20)23-22(24(32)18-9-10-21-19(13-18)12-15(2)38-21)25(33)27(34)31(23)29-30-16(3)26(39-29)28(35)36-4/h5-10,13-15,23,32H,1,11-12H2,2-4H3. The normalized spacial score (nSPS) is 19.5. The van der Waals surface area contributed by atoms with Crippen molar-refractivity contribution in [1.29, 1.82) is 0 Å². The average Bonchev–Trinajstić information content (AvgIpc) is 3.58. The lowest BCUT2D eigenvalue weighted by molar-refractivity contribution is -0.132. The number of hydrogen-bond donors (Lipinski definition) is 1. The third-order valence-corrected chi connectivity index (χ3v) is 7.65. The van der Waals surface area contributed by atoms with Crippen LogP contribution >= 0.6 is 11.3 Å². The second-order valence-electron chi connectivity index (χ2n) is 9.20. The van der Waals surface area contributed by atoms with Gasteiger partial charge in [-0.1, -0.05) is 36.1 Å². The summed E-state index contributed by atoms with van der Waals surface area (Å²) in [5.41, 5.74) is 2.07. The topological polar surface area (TPSA) is 115 Å². The van der Waals surface area contributed by atoms with Gasteiger partial charge in [0.25, 0.3) is 5.78 Å². The van der Waals surface area contributed by atoms with Crippen LogP contribution in [-0.4, -0.2) is 47.6 Å². The molecule has 9 nitrogen and oxygen atoms in total. The van der Waals surface area contributed by atoms with Crippen molar-refractivity contribution in [2.45, 2.75) is 32.4 Å². The van der Waals surface area contributed by atoms with Gasteiger partial charge in [0.2, 0.25) is 0 Å². The summed E-state index contributed by atoms with van der Waals surface area (Å²) in [6, 6.07) is 11.0. The molecule has 2 unspecified atom stereocenters. The quantitative estimate of drug-likeness (QED) is 0.148. The zero-order valence-corrected chi connectivity index (χ0v) is 22.4. The molecule has 2 atom stereocenters. The maximum Gasteiger partial charge on any atom is 0.350 e. The van der Waals surface area contributed by atoms with Crippen molar-refractivity contribution in [3.8, 4) is 11.5 Å². The molecule has 1 saturated heterocycles. The van der Waals surface area contributed by atoms with E-state index in [1.807, 2.05) is 6.92 Å². The largest absolute Gasteiger partial charge is 0.507 e. The molecule has 39 heavy (non-hydrogen) atoms. The van der Waals surface area contributed by atoms with E-state index in [0.717, 1.165) is 22.6 Å². The van der Waals surface area contributed by atoms with E-state index in [-0.39, 0.29) is 34.1 Å². The Labute approximate surface area is 229 Å². The molecule has 0 saturated carbocycles. The maximum atomic E-state index is 13.5. The summed E-state index contributed by atoms with van der Waals surface area (Å²) >= 11 is 0.940. The molecule has 10 heteroatoms. The Morgan fingerprint density at radius 3 is 2.82 bits per heavy atom. The molecule has 1 N–H and O–H groups in total. The Kier molecular flexibility index (Phi) is 6.96. The summed E-state index contributed by atoms with van der Waals surface area (Å²) in [5.74, 6) is -1.44. The first-order chi connectivity index (χ1) is 18.7. The number of ketones is 1. The van der Waals surface area contributed by atoms with Gasteiger partial charge in [-0.05, 0) is 55.3 Å². The van der Waals surface area contributed by atoms with Crippen LogP contribution in [0.4, 0.5) is 5.13 Å². The van der Waals surface area contributed by atoms with Crippen LogP contribution in [0.2, 0.25) is 0 Å². The monoisotopic (exact) mass is 546 g/mol. The lowest BCUT2D eigenvalue weighted by Crippen LogP contribution is -2.29. The van der Waals surface area contributed by atoms with Crippen molar-refractivity contribution >= 4 is 39.9 Å². The number of ether oxygens (including phenoxy) is 3. The van der Waals surface area contributed by atoms with E-state index >= 15 is 0 Å². The molecule has 0 radical (unpaired) electrons. The van der Waals surface area contributed by atoms with E-state index in [1.54, 1.807) is 55.5 Å². The molecule has 1 amide bonds. The van der Waals surface area contributed by atoms with Gasteiger partial charge in [-0.25, -0.2) is 9.78 Å². The lowest BCUT2D eigenvalue weighted by Gasteiger charge is -2.23. The number of hydrogen-bond acceptors (Lipinski definition) is 9. The van der Waals surface area contributed by atoms with Crippen LogP contribution in [0.25, 0.3) is 5.76 Å². The number of amides is 1. The van der Waals surface area contributed by atoms with E-state index in [1.165, 1.54) is 12.0 Å². The van der Waals surface area contributed by atoms with Gasteiger partial charge in [0.15, 0.2) is 5.13 Å². The fourth-order valence-electron chi connectivity index (χ4n) is 4.77. The molecule has 0 aliphatic carbocycles. The van der Waals surface area contributed by atoms with Crippen molar-refractivity contribution in [2.75, 3.05) is 18.6 Å². The number of aromatic nitrogens is 1. The number of nitrogens with zero attached hydrogens (tertiary/aromatic N) is 2. The van der Waals surface area contributed by atoms with E-state index < -0.39 is 23.7 Å². The number of benzene rings is 2. The second kappa shape index (κ2) is 10.4. The molecule has 2 aliphatic rings. The van der Waals surface area contributed by atoms with Gasteiger partial charge in [-0.15, -0.1) is 0 Å². The van der Waals surface area contributed by atoms with Gasteiger partial charge in [-0.2, -0.15) is 0 Å². The number of aryl methyl sites for hydroxylation is 1. The van der Waals surface area contributed by atoms with Crippen LogP contribution in [0.3, 0.4) is 0 Å². The number of methoxy groups -OCH3 is 1. The molecule has 5 rings (SSSR count). The molecule has 3 heterocycles. The number of anilines is 1. The number of carbonyl (C=O) groups excluding carboxylic acids is 3. The molecule has 200 valence electrons. The number of fused-ring (bicyclic) bond motifs is 1. The highest BCUT2D eigenvalue weighted by molar-refractivity contribution is 7.17. The number of esters is 1. The van der Waals surface area contributed by atoms with Crippen LogP contribution < -0.4 is 14.4 Å². The van der Waals surface area contributed by atoms with E-state index in [9.17, 15) is 19.5 Å². The van der Waals surface area contributed by atoms with Crippen LogP contribution in [0, 0.1) is 6.92 Å². The number of Topliss-reactive ketones (excluding diaryl/α,β-unsaturated/α-hetero) is 1. The Morgan fingerprint density at radius 1 is 1.28 bits per heavy atom. The molecule has 1 aromatic heterocycles. The Hall–Kier alpha value is -4.44. The summed E-state index contributed by atoms with van der Waals surface area (Å²) in [6.45, 7) is 7.49. The highest BCUT2D eigenvalue weighted by Gasteiger charge is 2.48. The molecule has 0 spiro atoms. The zero-order valence-electron chi connectivity index (χ0n) is 21.6. The number of aliphatic hydroxyl groups excluding tert-OH is 1. The molecule has 2 aliphatic heterocycles. The maximum absolute atomic E-state index is 13.5. The summed E-state index contributed by atoms with van der Waals surface area (Å²) in [7, 11) is 1.25. The van der Waals surface area contributed by atoms with Crippen LogP contribution in [0.5, 0.6) is 11.5 Å². The van der Waals surface area contributed by atoms with Crippen molar-refractivity contribution in [2.24, 2.45) is 0 Å². The first-order valence-corrected chi connectivity index (χ1v) is 13.1. The summed E-state index contributed by atoms with van der Waals surface area (Å²) in [4.78, 5) is 45.1. The molecule has 0 bridgehead atoms. The first kappa shape index (κ1) is 26.2. The van der Waals surface area contributed by atoms with Gasteiger partial charge >= 0.3 is 11.9 Å². The predicted octanol–water partition coefficient (Wildman–Crippen LogP) is 4.75. The number of carbonyl (C=O) groups is 3. The van der Waals surface area contributed by atoms with Crippen LogP contribution in [0.15, 0.2) is 60.7 Å². The third-order valence-electron chi connectivity index (χ3n) is 6.52. The predicted molar refractivity (Wildman–Crippen MR) is 145 cm³/mol. The van der Waals surface area contributed by atoms with Crippen molar-refractivity contribution in [3.05, 3.63) is 88.0 Å². The molecular formula is C29H26N2O7S. The molecule has 2 aromatic carbocycles. The smallest absolute Gasteiger partial charge is 0.350 e. The minimum absolute atomic E-state index is 0.00145. The van der Waals surface area contributed by atoms with Crippen molar-refractivity contribution < 1.29 is 33.7 Å². The second-order valence-corrected chi connectivity index (χ2v) is 10.2. The SMILES string of the molecule is C=CCOc1cccc(C2C(=C(O)c3ccc4c(c3)CC(C)O4)C(=O)C(=O)N2c2nc(C)c(C(=O)OC)s2)c1. The van der Waals surface area contributed by atoms with E-state index in [0.29, 0.717) is 29.0 Å². The summed E-state index contributed by atoms with van der Waals surface area (Å²) in [6.07, 6.45) is 2.26. The summed E-state index contributed by atoms with van der Waals surface area (Å²) < 4.78 is 16.3. The highest BCUT2D eigenvalue weighted by atomic mass is 32.1. The Balaban J connectivity index is 1.68. The van der Waals surface area contributed by atoms with Gasteiger partial charge in [-0.3, -0.25) is 14.5 Å². The zero-order chi connectivity index (χ0) is 27.8. The Morgan fingerprint density at radius 2 is 2.08 bits per heavy atom. The van der Waals surface area contributed by atoms with Gasteiger partial charge in [0.05, 0.1) is 24.4 Å². The van der Waals surface area contributed by atoms with Crippen molar-refractivity contribution in [1.82, 2.24) is 4.98 Å². The minimum atomic E-state index is -1.03. The number of thiazole rings is 1. The first-order valence-electron chi connectivity index (χ1n) is 12.2. The van der Waals surface area contributed by atoms with Crippen LogP contribution in [0.1, 0.15) is 45.0 Å². The van der Waals surface area contributed by atoms with Crippen molar-refractivity contribution in [3.63, 3.8) is 0 Å². The third kappa shape index (κ3) is 4.67. The van der Waals surface area contributed by atoms with Gasteiger partial charge in [0.1, 0.15) is 34.8 Å². The average molecular weight is 547 g/mol. The molecule has 3 aromatic rings. The number of rotatable bonds is 7. The Bertz CT molecular complexity index is 1540. The number of aliphatic hydroxyl groups is 1. The van der Waals surface area contributed by atoms with E-state index in [2.05, 4.69) is 11.6 Å². The van der Waals surface area contributed by atoms with Crippen LogP contribution in [-0.2, 0) is 20.7 Å². The molecular weight excluding hydrogens is 520 g/mol. The summed E-state index contributed by atoms with van der Waals surface area (Å²) in [5, 5.41) is 11.6. The van der Waals surface area contributed by atoms with Gasteiger partial charge in [0, 0.05) is 12.0 Å². The highest BCUT2D eigenvalue weighted by Crippen LogP contribution is 2.45. The van der Waals surface area contributed by atoms with Gasteiger partial charge < -0.3 is 19.3 Å². The fraction of sp³-hybridized carbons (Fsp3) is 0.241. The fourth-order valence-corrected chi connectivity index (χ4v) is 5.78. The lowest BCUT2D eigenvalue weighted by atomic mass is 9.94. The minimum Gasteiger partial charge on any atom is -0.507 e. The van der Waals surface area contributed by atoms with E-state index in [4.69, 9.17) is 14.2 Å².